The van der Waals surface area contributed by atoms with Crippen LogP contribution in [0.3, 0.4) is 0 Å². The van der Waals surface area contributed by atoms with E-state index in [1.165, 1.54) is 23.9 Å². The van der Waals surface area contributed by atoms with Crippen molar-refractivity contribution in [2.45, 2.75) is 31.5 Å². The summed E-state index contributed by atoms with van der Waals surface area (Å²) >= 11 is 7.35. The highest BCUT2D eigenvalue weighted by molar-refractivity contribution is 7.99. The summed E-state index contributed by atoms with van der Waals surface area (Å²) < 4.78 is 15.5. The van der Waals surface area contributed by atoms with Gasteiger partial charge in [-0.25, -0.2) is 4.39 Å². The molecule has 1 aromatic heterocycles. The van der Waals surface area contributed by atoms with Gasteiger partial charge in [-0.05, 0) is 36.6 Å². The van der Waals surface area contributed by atoms with Crippen LogP contribution in [-0.4, -0.2) is 32.3 Å². The first-order chi connectivity index (χ1) is 15.8. The minimum absolute atomic E-state index is 0.0289. The molecule has 0 fully saturated rings. The summed E-state index contributed by atoms with van der Waals surface area (Å²) in [6.07, 6.45) is 0.639. The summed E-state index contributed by atoms with van der Waals surface area (Å²) in [6, 6.07) is 12.4. The van der Waals surface area contributed by atoms with Crippen LogP contribution in [-0.2, 0) is 11.8 Å². The van der Waals surface area contributed by atoms with E-state index in [1.54, 1.807) is 48.0 Å². The third-order valence-corrected chi connectivity index (χ3v) is 6.14. The minimum Gasteiger partial charge on any atom is -0.342 e. The lowest BCUT2D eigenvalue weighted by Crippen LogP contribution is -2.31. The maximum absolute atomic E-state index is 13.7. The van der Waals surface area contributed by atoms with Crippen molar-refractivity contribution in [1.82, 2.24) is 20.1 Å². The summed E-state index contributed by atoms with van der Waals surface area (Å²) in [4.78, 5) is 25.1. The molecule has 2 N–H and O–H groups in total. The Morgan fingerprint density at radius 2 is 1.82 bits per heavy atom. The van der Waals surface area contributed by atoms with Gasteiger partial charge in [-0.3, -0.25) is 9.59 Å². The van der Waals surface area contributed by atoms with Gasteiger partial charge in [-0.15, -0.1) is 10.2 Å². The highest BCUT2D eigenvalue weighted by Crippen LogP contribution is 2.25. The van der Waals surface area contributed by atoms with Gasteiger partial charge in [0, 0.05) is 7.05 Å². The van der Waals surface area contributed by atoms with Crippen molar-refractivity contribution in [3.8, 4) is 0 Å². The fourth-order valence-electron chi connectivity index (χ4n) is 3.22. The van der Waals surface area contributed by atoms with Crippen LogP contribution < -0.4 is 10.6 Å². The molecule has 7 nitrogen and oxygen atoms in total. The summed E-state index contributed by atoms with van der Waals surface area (Å²) in [5, 5.41) is 14.9. The first-order valence-electron chi connectivity index (χ1n) is 10.4. The molecule has 0 spiro atoms. The summed E-state index contributed by atoms with van der Waals surface area (Å²) in [6.45, 7) is 4.10. The van der Waals surface area contributed by atoms with E-state index >= 15 is 0 Å². The number of rotatable bonds is 9. The minimum atomic E-state index is -0.498. The van der Waals surface area contributed by atoms with Crippen LogP contribution >= 0.6 is 23.4 Å². The van der Waals surface area contributed by atoms with E-state index in [0.29, 0.717) is 28.0 Å². The lowest BCUT2D eigenvalue weighted by Gasteiger charge is -2.20. The molecule has 0 radical (unpaired) electrons. The molecule has 2 amide bonds. The Labute approximate surface area is 201 Å². The molecule has 10 heteroatoms. The van der Waals surface area contributed by atoms with Gasteiger partial charge >= 0.3 is 0 Å². The topological polar surface area (TPSA) is 88.9 Å². The van der Waals surface area contributed by atoms with E-state index < -0.39 is 11.9 Å². The highest BCUT2D eigenvalue weighted by atomic mass is 35.5. The van der Waals surface area contributed by atoms with Gasteiger partial charge in [0.05, 0.1) is 28.1 Å². The Balaban J connectivity index is 1.70. The number of anilines is 1. The van der Waals surface area contributed by atoms with Crippen LogP contribution in [0.25, 0.3) is 0 Å². The van der Waals surface area contributed by atoms with E-state index in [1.807, 2.05) is 13.8 Å². The molecule has 0 aliphatic heterocycles. The normalized spacial score (nSPS) is 11.9. The second kappa shape index (κ2) is 11.3. The number of carbonyl (C=O) groups excluding carboxylic acids is 2. The number of amides is 2. The maximum Gasteiger partial charge on any atom is 0.253 e. The second-order valence-corrected chi connectivity index (χ2v) is 9.20. The second-order valence-electron chi connectivity index (χ2n) is 7.85. The van der Waals surface area contributed by atoms with Crippen LogP contribution in [0.1, 0.15) is 42.5 Å². The quantitative estimate of drug-likeness (QED) is 0.419. The zero-order chi connectivity index (χ0) is 24.0. The average molecular weight is 490 g/mol. The number of aromatic nitrogens is 3. The van der Waals surface area contributed by atoms with Crippen LogP contribution in [0.5, 0.6) is 0 Å². The Morgan fingerprint density at radius 3 is 2.52 bits per heavy atom. The molecule has 33 heavy (non-hydrogen) atoms. The van der Waals surface area contributed by atoms with Crippen LogP contribution in [0, 0.1) is 11.7 Å². The van der Waals surface area contributed by atoms with Crippen LogP contribution in [0.15, 0.2) is 53.7 Å². The Bertz CT molecular complexity index is 1140. The van der Waals surface area contributed by atoms with Crippen molar-refractivity contribution in [2.24, 2.45) is 13.0 Å². The van der Waals surface area contributed by atoms with Crippen molar-refractivity contribution in [1.29, 1.82) is 0 Å². The summed E-state index contributed by atoms with van der Waals surface area (Å²) in [5.74, 6) is -0.279. The lowest BCUT2D eigenvalue weighted by atomic mass is 10.0. The first-order valence-corrected chi connectivity index (χ1v) is 11.7. The number of carbonyl (C=O) groups is 2. The zero-order valence-electron chi connectivity index (χ0n) is 18.5. The van der Waals surface area contributed by atoms with Gasteiger partial charge in [-0.2, -0.15) is 0 Å². The molecule has 1 atom stereocenters. The van der Waals surface area contributed by atoms with E-state index in [9.17, 15) is 14.0 Å². The molecule has 0 bridgehead atoms. The van der Waals surface area contributed by atoms with Crippen molar-refractivity contribution in [3.63, 3.8) is 0 Å². The molecule has 2 aromatic carbocycles. The molecule has 0 saturated carbocycles. The fraction of sp³-hybridized carbons (Fsp3) is 0.304. The third-order valence-electron chi connectivity index (χ3n) is 4.79. The molecule has 3 aromatic rings. The van der Waals surface area contributed by atoms with Gasteiger partial charge in [0.1, 0.15) is 5.82 Å². The van der Waals surface area contributed by atoms with Crippen molar-refractivity contribution in [3.05, 3.63) is 70.8 Å². The Morgan fingerprint density at radius 1 is 1.12 bits per heavy atom. The van der Waals surface area contributed by atoms with Gasteiger partial charge in [0.2, 0.25) is 5.91 Å². The van der Waals surface area contributed by atoms with E-state index in [4.69, 9.17) is 11.6 Å². The molecule has 174 valence electrons. The lowest BCUT2D eigenvalue weighted by molar-refractivity contribution is -0.113. The molecular formula is C23H25ClFN5O2S. The number of hydrogen-bond donors (Lipinski definition) is 2. The first kappa shape index (κ1) is 24.7. The van der Waals surface area contributed by atoms with Crippen molar-refractivity contribution in [2.75, 3.05) is 11.1 Å². The Kier molecular flexibility index (Phi) is 8.46. The number of hydrogen-bond acceptors (Lipinski definition) is 5. The number of nitrogens with one attached hydrogen (secondary N) is 2. The number of para-hydroxylation sites is 1. The fourth-order valence-corrected chi connectivity index (χ4v) is 4.16. The van der Waals surface area contributed by atoms with Crippen molar-refractivity contribution >= 4 is 40.9 Å². The number of benzene rings is 2. The van der Waals surface area contributed by atoms with E-state index in [2.05, 4.69) is 20.8 Å². The zero-order valence-corrected chi connectivity index (χ0v) is 20.1. The molecule has 0 aliphatic carbocycles. The molecule has 3 rings (SSSR count). The average Bonchev–Trinajstić information content (AvgIpc) is 3.13. The predicted octanol–water partition coefficient (Wildman–Crippen LogP) is 4.86. The summed E-state index contributed by atoms with van der Waals surface area (Å²) in [5.41, 5.74) is 0.510. The highest BCUT2D eigenvalue weighted by Gasteiger charge is 2.24. The molecule has 0 unspecified atom stereocenters. The third kappa shape index (κ3) is 6.55. The van der Waals surface area contributed by atoms with Gasteiger partial charge in [0.25, 0.3) is 5.91 Å². The smallest absolute Gasteiger partial charge is 0.253 e. The maximum atomic E-state index is 13.7. The molecule has 0 aliphatic rings. The monoisotopic (exact) mass is 489 g/mol. The van der Waals surface area contributed by atoms with Crippen molar-refractivity contribution < 1.29 is 14.0 Å². The molecule has 1 heterocycles. The molecular weight excluding hydrogens is 465 g/mol. The predicted molar refractivity (Wildman–Crippen MR) is 128 cm³/mol. The van der Waals surface area contributed by atoms with Gasteiger partial charge < -0.3 is 15.2 Å². The van der Waals surface area contributed by atoms with Crippen LogP contribution in [0.2, 0.25) is 5.02 Å². The largest absolute Gasteiger partial charge is 0.342 e. The number of halogens is 2. The van der Waals surface area contributed by atoms with E-state index in [0.717, 1.165) is 0 Å². The number of nitrogens with zero attached hydrogens (tertiary/aromatic N) is 3. The standard InChI is InChI=1S/C23H25ClFN5O2S/c1-14(2)12-19(27-22(32)15-8-4-5-9-16(15)24)21-28-29-23(30(21)3)33-13-20(31)26-18-11-7-6-10-17(18)25/h4-11,14,19H,12-13H2,1-3H3,(H,26,31)(H,27,32)/t19-/m1/s1. The van der Waals surface area contributed by atoms with Gasteiger partial charge in [-0.1, -0.05) is 61.5 Å². The van der Waals surface area contributed by atoms with Crippen LogP contribution in [0.4, 0.5) is 10.1 Å². The Hall–Kier alpha value is -2.91. The number of thioether (sulfide) groups is 1. The van der Waals surface area contributed by atoms with Gasteiger partial charge in [0.15, 0.2) is 11.0 Å². The van der Waals surface area contributed by atoms with E-state index in [-0.39, 0.29) is 29.2 Å². The SMILES string of the molecule is CC(C)C[C@@H](NC(=O)c1ccccc1Cl)c1nnc(SCC(=O)Nc2ccccc2F)n1C. The summed E-state index contributed by atoms with van der Waals surface area (Å²) in [7, 11) is 1.78. The molecule has 0 saturated heterocycles.